The zero-order chi connectivity index (χ0) is 26.5. The Labute approximate surface area is 211 Å². The molecule has 4 aromatic rings. The molecule has 0 saturated heterocycles. The number of benzene rings is 3. The van der Waals surface area contributed by atoms with Gasteiger partial charge in [0.1, 0.15) is 17.5 Å². The molecular formula is C27H22N4O6. The molecule has 186 valence electrons. The number of ether oxygens (including phenoxy) is 1. The molecule has 1 aromatic heterocycles. The zero-order valence-electron chi connectivity index (χ0n) is 19.9. The fourth-order valence-electron chi connectivity index (χ4n) is 3.77. The van der Waals surface area contributed by atoms with Crippen LogP contribution in [-0.4, -0.2) is 38.4 Å². The number of hydrogen-bond acceptors (Lipinski definition) is 8. The van der Waals surface area contributed by atoms with E-state index in [1.165, 1.54) is 0 Å². The predicted molar refractivity (Wildman–Crippen MR) is 133 cm³/mol. The van der Waals surface area contributed by atoms with E-state index in [1.54, 1.807) is 30.3 Å². The first-order chi connectivity index (χ1) is 17.8. The van der Waals surface area contributed by atoms with Crippen molar-refractivity contribution in [3.8, 4) is 34.7 Å². The van der Waals surface area contributed by atoms with E-state index < -0.39 is 17.6 Å². The van der Waals surface area contributed by atoms with E-state index in [1.807, 2.05) is 38.1 Å². The summed E-state index contributed by atoms with van der Waals surface area (Å²) in [7, 11) is 0. The van der Waals surface area contributed by atoms with Gasteiger partial charge >= 0.3 is 11.9 Å². The summed E-state index contributed by atoms with van der Waals surface area (Å²) in [6, 6.07) is 18.2. The third-order valence-corrected chi connectivity index (χ3v) is 5.36. The highest BCUT2D eigenvalue weighted by Gasteiger charge is 2.17. The Kier molecular flexibility index (Phi) is 7.16. The number of fused-ring (bicyclic) bond motifs is 1. The number of carbonyl (C=O) groups is 2. The Bertz CT molecular complexity index is 1560. The molecule has 1 heterocycles. The summed E-state index contributed by atoms with van der Waals surface area (Å²) < 4.78 is 11.2. The van der Waals surface area contributed by atoms with Crippen LogP contribution in [0.25, 0.3) is 33.6 Å². The van der Waals surface area contributed by atoms with Crippen LogP contribution in [0, 0.1) is 11.3 Å². The second-order valence-corrected chi connectivity index (χ2v) is 8.29. The van der Waals surface area contributed by atoms with Crippen LogP contribution in [0.15, 0.2) is 70.9 Å². The molecule has 10 heteroatoms. The zero-order valence-corrected chi connectivity index (χ0v) is 19.9. The van der Waals surface area contributed by atoms with Gasteiger partial charge < -0.3 is 24.8 Å². The monoisotopic (exact) mass is 498 g/mol. The van der Waals surface area contributed by atoms with Crippen molar-refractivity contribution >= 4 is 22.7 Å². The molecule has 0 aliphatic rings. The Hall–Kier alpha value is -5.17. The van der Waals surface area contributed by atoms with Gasteiger partial charge in [-0.15, -0.1) is 0 Å². The molecule has 0 atom stereocenters. The highest BCUT2D eigenvalue weighted by atomic mass is 16.5. The molecule has 0 fully saturated rings. The quantitative estimate of drug-likeness (QED) is 0.283. The number of carboxylic acids is 2. The molecular weight excluding hydrogens is 476 g/mol. The van der Waals surface area contributed by atoms with Gasteiger partial charge in [-0.05, 0) is 48.4 Å². The number of aliphatic carboxylic acids is 2. The molecule has 37 heavy (non-hydrogen) atoms. The van der Waals surface area contributed by atoms with Gasteiger partial charge in [0, 0.05) is 17.7 Å². The molecule has 0 aliphatic heterocycles. The lowest BCUT2D eigenvalue weighted by Crippen LogP contribution is -2.21. The summed E-state index contributed by atoms with van der Waals surface area (Å²) in [4.78, 5) is 26.8. The molecule has 0 aliphatic carbocycles. The van der Waals surface area contributed by atoms with E-state index >= 15 is 0 Å². The van der Waals surface area contributed by atoms with Gasteiger partial charge in [-0.1, -0.05) is 41.6 Å². The van der Waals surface area contributed by atoms with Crippen LogP contribution in [0.2, 0.25) is 0 Å². The van der Waals surface area contributed by atoms with Crippen LogP contribution in [0.1, 0.15) is 25.0 Å². The second kappa shape index (κ2) is 10.6. The SMILES string of the molecule is CC(C)Oc1ccc(-c2nc(-c3ccc(CN/C(=C/C(=O)O)C(=O)O)c4ccccc34)no2)cc1C#N. The number of carboxylic acid groups (broad SMARTS) is 2. The number of aromatic nitrogens is 2. The molecule has 0 unspecified atom stereocenters. The first-order valence-corrected chi connectivity index (χ1v) is 11.2. The summed E-state index contributed by atoms with van der Waals surface area (Å²) in [5, 5.41) is 36.1. The maximum absolute atomic E-state index is 11.3. The number of rotatable bonds is 9. The Balaban J connectivity index is 1.67. The van der Waals surface area contributed by atoms with Gasteiger partial charge in [0.25, 0.3) is 5.89 Å². The molecule has 0 bridgehead atoms. The van der Waals surface area contributed by atoms with Crippen LogP contribution < -0.4 is 10.1 Å². The fraction of sp³-hybridized carbons (Fsp3) is 0.148. The van der Waals surface area contributed by atoms with E-state index in [0.29, 0.717) is 34.3 Å². The van der Waals surface area contributed by atoms with Crippen LogP contribution in [0.5, 0.6) is 5.75 Å². The van der Waals surface area contributed by atoms with Crippen molar-refractivity contribution in [2.75, 3.05) is 0 Å². The molecule has 0 spiro atoms. The van der Waals surface area contributed by atoms with Crippen LogP contribution in [0.4, 0.5) is 0 Å². The first kappa shape index (κ1) is 24.9. The number of nitrogens with one attached hydrogen (secondary N) is 1. The fourth-order valence-corrected chi connectivity index (χ4v) is 3.77. The van der Waals surface area contributed by atoms with Crippen molar-refractivity contribution in [2.24, 2.45) is 0 Å². The second-order valence-electron chi connectivity index (χ2n) is 8.29. The van der Waals surface area contributed by atoms with Gasteiger partial charge in [0.05, 0.1) is 17.7 Å². The maximum Gasteiger partial charge on any atom is 0.352 e. The summed E-state index contributed by atoms with van der Waals surface area (Å²) in [5.41, 5.74) is 1.94. The van der Waals surface area contributed by atoms with Crippen molar-refractivity contribution in [3.63, 3.8) is 0 Å². The van der Waals surface area contributed by atoms with Gasteiger partial charge in [0.2, 0.25) is 5.82 Å². The van der Waals surface area contributed by atoms with Gasteiger partial charge in [-0.3, -0.25) is 0 Å². The van der Waals surface area contributed by atoms with Crippen LogP contribution in [-0.2, 0) is 16.1 Å². The van der Waals surface area contributed by atoms with Crippen molar-refractivity contribution in [3.05, 3.63) is 77.5 Å². The Morgan fingerprint density at radius 1 is 1.14 bits per heavy atom. The average Bonchev–Trinajstić information content (AvgIpc) is 3.36. The molecule has 0 amide bonds. The molecule has 3 N–H and O–H groups in total. The van der Waals surface area contributed by atoms with Crippen molar-refractivity contribution in [1.29, 1.82) is 5.26 Å². The topological polar surface area (TPSA) is 159 Å². The molecule has 4 rings (SSSR count). The Morgan fingerprint density at radius 2 is 1.89 bits per heavy atom. The number of nitriles is 1. The summed E-state index contributed by atoms with van der Waals surface area (Å²) in [6.45, 7) is 3.84. The van der Waals surface area contributed by atoms with Crippen LogP contribution in [0.3, 0.4) is 0 Å². The van der Waals surface area contributed by atoms with E-state index in [4.69, 9.17) is 14.4 Å². The lowest BCUT2D eigenvalue weighted by molar-refractivity contribution is -0.135. The number of hydrogen-bond donors (Lipinski definition) is 3. The molecule has 0 radical (unpaired) electrons. The summed E-state index contributed by atoms with van der Waals surface area (Å²) in [5.74, 6) is -1.68. The summed E-state index contributed by atoms with van der Waals surface area (Å²) >= 11 is 0. The lowest BCUT2D eigenvalue weighted by atomic mass is 9.99. The van der Waals surface area contributed by atoms with Gasteiger partial charge in [-0.2, -0.15) is 10.2 Å². The van der Waals surface area contributed by atoms with Gasteiger partial charge in [0.15, 0.2) is 0 Å². The third-order valence-electron chi connectivity index (χ3n) is 5.36. The highest BCUT2D eigenvalue weighted by molar-refractivity contribution is 5.97. The Morgan fingerprint density at radius 3 is 2.57 bits per heavy atom. The average molecular weight is 498 g/mol. The lowest BCUT2D eigenvalue weighted by Gasteiger charge is -2.11. The minimum atomic E-state index is -1.37. The summed E-state index contributed by atoms with van der Waals surface area (Å²) in [6.07, 6.45) is 0.530. The first-order valence-electron chi connectivity index (χ1n) is 11.2. The third kappa shape index (κ3) is 5.57. The normalized spacial score (nSPS) is 11.4. The predicted octanol–water partition coefficient (Wildman–Crippen LogP) is 4.36. The van der Waals surface area contributed by atoms with E-state index in [2.05, 4.69) is 21.5 Å². The van der Waals surface area contributed by atoms with Crippen molar-refractivity contribution in [1.82, 2.24) is 15.5 Å². The van der Waals surface area contributed by atoms with Crippen LogP contribution >= 0.6 is 0 Å². The standard InChI is InChI=1S/C27H22N4O6/c1-15(2)36-23-10-8-16(11-18(23)13-28)26-30-25(31-37-26)21-9-7-17(19-5-3-4-6-20(19)21)14-29-22(27(34)35)12-24(32)33/h3-12,15,29H,14H2,1-2H3,(H,32,33)(H,34,35)/b22-12+. The van der Waals surface area contributed by atoms with E-state index in [0.717, 1.165) is 16.3 Å². The van der Waals surface area contributed by atoms with Crippen molar-refractivity contribution < 1.29 is 29.1 Å². The minimum Gasteiger partial charge on any atom is -0.490 e. The minimum absolute atomic E-state index is 0.0803. The van der Waals surface area contributed by atoms with Crippen molar-refractivity contribution in [2.45, 2.75) is 26.5 Å². The van der Waals surface area contributed by atoms with Gasteiger partial charge in [-0.25, -0.2) is 9.59 Å². The largest absolute Gasteiger partial charge is 0.490 e. The van der Waals surface area contributed by atoms with E-state index in [-0.39, 0.29) is 18.5 Å². The molecule has 0 saturated carbocycles. The van der Waals surface area contributed by atoms with E-state index in [9.17, 15) is 20.0 Å². The maximum atomic E-state index is 11.3. The smallest absolute Gasteiger partial charge is 0.352 e. The highest BCUT2D eigenvalue weighted by Crippen LogP contribution is 2.32. The molecule has 10 nitrogen and oxygen atoms in total. The number of nitrogens with zero attached hydrogens (tertiary/aromatic N) is 3. The molecule has 3 aromatic carbocycles.